The quantitative estimate of drug-likeness (QED) is 0.658. The van der Waals surface area contributed by atoms with Crippen LogP contribution in [0.5, 0.6) is 11.8 Å². The molecule has 3 aromatic rings. The number of nitrogens with zero attached hydrogens (tertiary/aromatic N) is 2. The summed E-state index contributed by atoms with van der Waals surface area (Å²) < 4.78 is 74.0. The van der Waals surface area contributed by atoms with E-state index in [9.17, 15) is 26.7 Å². The van der Waals surface area contributed by atoms with Crippen molar-refractivity contribution in [2.75, 3.05) is 19.9 Å². The minimum absolute atomic E-state index is 0.0248. The van der Waals surface area contributed by atoms with Gasteiger partial charge >= 0.3 is 12.2 Å². The van der Waals surface area contributed by atoms with Crippen LogP contribution in [-0.2, 0) is 0 Å². The Kier molecular flexibility index (Phi) is 5.02. The molecule has 0 aliphatic rings. The smallest absolute Gasteiger partial charge is 0.422 e. The molecule has 0 fully saturated rings. The average Bonchev–Trinajstić information content (AvgIpc) is 3.07. The minimum Gasteiger partial charge on any atom is -0.488 e. The lowest BCUT2D eigenvalue weighted by Gasteiger charge is -2.15. The molecule has 1 N–H and O–H groups in total. The number of fused-ring (bicyclic) bond motifs is 1. The minimum atomic E-state index is -4.66. The number of hydrogen-bond acceptors (Lipinski definition) is 4. The van der Waals surface area contributed by atoms with E-state index in [1.54, 1.807) is 0 Å². The van der Waals surface area contributed by atoms with Crippen molar-refractivity contribution in [1.82, 2.24) is 14.5 Å². The van der Waals surface area contributed by atoms with Crippen LogP contribution in [0.15, 0.2) is 35.3 Å². The van der Waals surface area contributed by atoms with Crippen LogP contribution < -0.4 is 15.0 Å². The molecule has 3 rings (SSSR count). The average molecular weight is 389 g/mol. The van der Waals surface area contributed by atoms with Gasteiger partial charge in [-0.1, -0.05) is 0 Å². The zero-order valence-electron chi connectivity index (χ0n) is 13.5. The van der Waals surface area contributed by atoms with Gasteiger partial charge in [-0.2, -0.15) is 18.2 Å². The lowest BCUT2D eigenvalue weighted by molar-refractivity contribution is -0.155. The SMILES string of the molecule is O=c1c2cc[nH]c2nc(OCC(F)(F)F)n1-c1ccc(OCCF)c(F)c1. The van der Waals surface area contributed by atoms with E-state index < -0.39 is 36.8 Å². The molecule has 0 atom stereocenters. The molecule has 0 radical (unpaired) electrons. The fourth-order valence-corrected chi connectivity index (χ4v) is 2.34. The van der Waals surface area contributed by atoms with Gasteiger partial charge in [0.15, 0.2) is 18.2 Å². The number of hydrogen-bond donors (Lipinski definition) is 1. The maximum absolute atomic E-state index is 14.1. The molecule has 0 amide bonds. The summed E-state index contributed by atoms with van der Waals surface area (Å²) in [5, 5.41) is 0.0764. The molecule has 0 aliphatic carbocycles. The molecule has 0 saturated carbocycles. The highest BCUT2D eigenvalue weighted by Gasteiger charge is 2.30. The van der Waals surface area contributed by atoms with Crippen LogP contribution in [-0.4, -0.2) is 40.6 Å². The second-order valence-electron chi connectivity index (χ2n) is 5.33. The highest BCUT2D eigenvalue weighted by molar-refractivity contribution is 5.75. The molecule has 1 aromatic carbocycles. The Morgan fingerprint density at radius 3 is 2.63 bits per heavy atom. The molecular weight excluding hydrogens is 377 g/mol. The molecule has 144 valence electrons. The maximum atomic E-state index is 14.1. The molecule has 27 heavy (non-hydrogen) atoms. The number of aromatic amines is 1. The van der Waals surface area contributed by atoms with Crippen molar-refractivity contribution in [2.45, 2.75) is 6.18 Å². The number of ether oxygens (including phenoxy) is 2. The second kappa shape index (κ2) is 7.25. The van der Waals surface area contributed by atoms with Crippen LogP contribution in [0.3, 0.4) is 0 Å². The van der Waals surface area contributed by atoms with E-state index in [0.717, 1.165) is 12.1 Å². The van der Waals surface area contributed by atoms with Crippen LogP contribution in [0.2, 0.25) is 0 Å². The van der Waals surface area contributed by atoms with E-state index in [0.29, 0.717) is 4.57 Å². The number of halogens is 5. The third-order valence-electron chi connectivity index (χ3n) is 3.43. The Morgan fingerprint density at radius 1 is 1.19 bits per heavy atom. The standard InChI is InChI=1S/C16H12F5N3O3/c17-4-6-26-12-2-1-9(7-11(12)18)24-14(25)10-3-5-22-13(10)23-15(24)27-8-16(19,20)21/h1-3,5,7,22H,4,6,8H2. The summed E-state index contributed by atoms with van der Waals surface area (Å²) in [6.07, 6.45) is -3.28. The topological polar surface area (TPSA) is 69.1 Å². The van der Waals surface area contributed by atoms with Crippen molar-refractivity contribution in [1.29, 1.82) is 0 Å². The summed E-state index contributed by atoms with van der Waals surface area (Å²) in [5.41, 5.74) is -0.857. The van der Waals surface area contributed by atoms with Crippen LogP contribution in [0, 0.1) is 5.82 Å². The van der Waals surface area contributed by atoms with Crippen LogP contribution >= 0.6 is 0 Å². The molecule has 0 saturated heterocycles. The molecule has 0 unspecified atom stereocenters. The van der Waals surface area contributed by atoms with Crippen molar-refractivity contribution in [2.24, 2.45) is 0 Å². The number of nitrogens with one attached hydrogen (secondary N) is 1. The largest absolute Gasteiger partial charge is 0.488 e. The zero-order valence-corrected chi connectivity index (χ0v) is 13.5. The summed E-state index contributed by atoms with van der Waals surface area (Å²) >= 11 is 0. The van der Waals surface area contributed by atoms with E-state index in [-0.39, 0.29) is 29.1 Å². The molecule has 2 heterocycles. The number of aromatic nitrogens is 3. The first kappa shape index (κ1) is 18.7. The van der Waals surface area contributed by atoms with Crippen LogP contribution in [0.1, 0.15) is 0 Å². The van der Waals surface area contributed by atoms with Crippen molar-refractivity contribution in [3.63, 3.8) is 0 Å². The van der Waals surface area contributed by atoms with Crippen molar-refractivity contribution >= 4 is 11.0 Å². The highest BCUT2D eigenvalue weighted by atomic mass is 19.4. The molecule has 2 aromatic heterocycles. The van der Waals surface area contributed by atoms with Crippen LogP contribution in [0.25, 0.3) is 16.7 Å². The zero-order chi connectivity index (χ0) is 19.6. The third kappa shape index (κ3) is 4.01. The predicted molar refractivity (Wildman–Crippen MR) is 84.7 cm³/mol. The number of benzene rings is 1. The summed E-state index contributed by atoms with van der Waals surface area (Å²) in [6.45, 7) is -2.89. The lowest BCUT2D eigenvalue weighted by atomic mass is 10.2. The van der Waals surface area contributed by atoms with Gasteiger partial charge in [-0.15, -0.1) is 0 Å². The third-order valence-corrected chi connectivity index (χ3v) is 3.43. The van der Waals surface area contributed by atoms with E-state index in [4.69, 9.17) is 4.74 Å². The molecule has 0 spiro atoms. The van der Waals surface area contributed by atoms with Crippen molar-refractivity contribution < 1.29 is 31.4 Å². The summed E-state index contributed by atoms with van der Waals surface area (Å²) in [7, 11) is 0. The Morgan fingerprint density at radius 2 is 1.96 bits per heavy atom. The Labute approximate surface area is 148 Å². The van der Waals surface area contributed by atoms with Gasteiger partial charge in [0.25, 0.3) is 5.56 Å². The lowest BCUT2D eigenvalue weighted by Crippen LogP contribution is -2.26. The van der Waals surface area contributed by atoms with E-state index in [1.807, 2.05) is 0 Å². The van der Waals surface area contributed by atoms with Gasteiger partial charge in [0.1, 0.15) is 18.9 Å². The first-order chi connectivity index (χ1) is 12.8. The summed E-state index contributed by atoms with van der Waals surface area (Å²) in [5.74, 6) is -1.19. The Hall–Kier alpha value is -3.11. The Balaban J connectivity index is 2.10. The predicted octanol–water partition coefficient (Wildman–Crippen LogP) is 3.14. The fourth-order valence-electron chi connectivity index (χ4n) is 2.34. The number of rotatable bonds is 6. The van der Waals surface area contributed by atoms with Gasteiger partial charge in [-0.05, 0) is 18.2 Å². The van der Waals surface area contributed by atoms with Crippen molar-refractivity contribution in [3.05, 3.63) is 46.6 Å². The van der Waals surface area contributed by atoms with Gasteiger partial charge in [-0.3, -0.25) is 4.79 Å². The fraction of sp³-hybridized carbons (Fsp3) is 0.250. The maximum Gasteiger partial charge on any atom is 0.422 e. The first-order valence-electron chi connectivity index (χ1n) is 7.58. The van der Waals surface area contributed by atoms with Crippen molar-refractivity contribution in [3.8, 4) is 17.4 Å². The molecular formula is C16H12F5N3O3. The van der Waals surface area contributed by atoms with Gasteiger partial charge in [-0.25, -0.2) is 13.3 Å². The Bertz CT molecular complexity index is 1010. The van der Waals surface area contributed by atoms with E-state index in [2.05, 4.69) is 14.7 Å². The monoisotopic (exact) mass is 389 g/mol. The van der Waals surface area contributed by atoms with Gasteiger partial charge in [0.05, 0.1) is 11.1 Å². The summed E-state index contributed by atoms with van der Waals surface area (Å²) in [6, 6.07) is 3.92. The normalized spacial score (nSPS) is 11.7. The van der Waals surface area contributed by atoms with Gasteiger partial charge < -0.3 is 14.5 Å². The summed E-state index contributed by atoms with van der Waals surface area (Å²) in [4.78, 5) is 19.1. The first-order valence-corrected chi connectivity index (χ1v) is 7.58. The van der Waals surface area contributed by atoms with Gasteiger partial charge in [0, 0.05) is 12.3 Å². The van der Waals surface area contributed by atoms with E-state index in [1.165, 1.54) is 18.3 Å². The number of alkyl halides is 4. The highest BCUT2D eigenvalue weighted by Crippen LogP contribution is 2.24. The molecule has 11 heteroatoms. The van der Waals surface area contributed by atoms with Crippen LogP contribution in [0.4, 0.5) is 22.0 Å². The van der Waals surface area contributed by atoms with Gasteiger partial charge in [0.2, 0.25) is 0 Å². The molecule has 0 bridgehead atoms. The van der Waals surface area contributed by atoms with E-state index >= 15 is 0 Å². The molecule has 6 nitrogen and oxygen atoms in total. The molecule has 0 aliphatic heterocycles. The second-order valence-corrected chi connectivity index (χ2v) is 5.33. The number of H-pyrrole nitrogens is 1.